The molecule has 0 radical (unpaired) electrons. The summed E-state index contributed by atoms with van der Waals surface area (Å²) >= 11 is 0. The average Bonchev–Trinajstić information content (AvgIpc) is 3.12. The number of aliphatic hydroxyl groups excluding tert-OH is 2. The summed E-state index contributed by atoms with van der Waals surface area (Å²) in [6.07, 6.45) is 65.3. The Morgan fingerprint density at radius 3 is 1.28 bits per heavy atom. The van der Waals surface area contributed by atoms with E-state index in [1.54, 1.807) is 6.08 Å². The molecule has 276 valence electrons. The fraction of sp³-hybridized carbons (Fsp3) is 0.457. The second kappa shape index (κ2) is 39.7. The maximum atomic E-state index is 12.3. The molecule has 0 heterocycles. The maximum absolute atomic E-state index is 12.3. The Morgan fingerprint density at radius 2 is 0.880 bits per heavy atom. The highest BCUT2D eigenvalue weighted by molar-refractivity contribution is 5.76. The molecule has 50 heavy (non-hydrogen) atoms. The van der Waals surface area contributed by atoms with Crippen LogP contribution in [0.1, 0.15) is 117 Å². The molecule has 0 aliphatic carbocycles. The summed E-state index contributed by atoms with van der Waals surface area (Å²) in [6, 6.07) is -0.685. The summed E-state index contributed by atoms with van der Waals surface area (Å²) in [7, 11) is 0. The van der Waals surface area contributed by atoms with Gasteiger partial charge in [-0.15, -0.1) is 0 Å². The highest BCUT2D eigenvalue weighted by Gasteiger charge is 2.17. The number of rotatable bonds is 31. The van der Waals surface area contributed by atoms with Crippen LogP contribution < -0.4 is 5.32 Å². The van der Waals surface area contributed by atoms with Crippen LogP contribution >= 0.6 is 0 Å². The topological polar surface area (TPSA) is 69.6 Å². The lowest BCUT2D eigenvalue weighted by Gasteiger charge is -2.19. The number of amides is 1. The van der Waals surface area contributed by atoms with E-state index in [4.69, 9.17) is 0 Å². The van der Waals surface area contributed by atoms with Crippen LogP contribution in [0.15, 0.2) is 146 Å². The first-order valence-electron chi connectivity index (χ1n) is 19.0. The first-order valence-corrected chi connectivity index (χ1v) is 19.0. The molecule has 3 N–H and O–H groups in total. The van der Waals surface area contributed by atoms with Gasteiger partial charge in [0, 0.05) is 6.42 Å². The Morgan fingerprint density at radius 1 is 0.520 bits per heavy atom. The quantitative estimate of drug-likeness (QED) is 0.0503. The van der Waals surface area contributed by atoms with Crippen LogP contribution in [0.4, 0.5) is 0 Å². The van der Waals surface area contributed by atoms with E-state index >= 15 is 0 Å². The van der Waals surface area contributed by atoms with Gasteiger partial charge in [-0.1, -0.05) is 153 Å². The van der Waals surface area contributed by atoms with Crippen molar-refractivity contribution in [1.29, 1.82) is 0 Å². The molecule has 0 rings (SSSR count). The number of unbranched alkanes of at least 4 members (excludes halogenated alkanes) is 3. The van der Waals surface area contributed by atoms with E-state index in [0.717, 1.165) is 96.3 Å². The minimum atomic E-state index is -0.902. The van der Waals surface area contributed by atoms with Crippen molar-refractivity contribution in [2.24, 2.45) is 0 Å². The highest BCUT2D eigenvalue weighted by atomic mass is 16.3. The largest absolute Gasteiger partial charge is 0.394 e. The number of allylic oxidation sites excluding steroid dienone is 23. The Kier molecular flexibility index (Phi) is 36.7. The Hall–Kier alpha value is -3.73. The number of nitrogens with one attached hydrogen (secondary N) is 1. The van der Waals surface area contributed by atoms with Crippen molar-refractivity contribution < 1.29 is 15.0 Å². The van der Waals surface area contributed by atoms with E-state index in [1.165, 1.54) is 0 Å². The van der Waals surface area contributed by atoms with E-state index in [9.17, 15) is 15.0 Å². The van der Waals surface area contributed by atoms with Crippen LogP contribution in [0.25, 0.3) is 0 Å². The maximum Gasteiger partial charge on any atom is 0.220 e. The molecule has 0 fully saturated rings. The zero-order valence-electron chi connectivity index (χ0n) is 31.3. The highest BCUT2D eigenvalue weighted by Crippen LogP contribution is 2.04. The molecule has 2 unspecified atom stereocenters. The summed E-state index contributed by atoms with van der Waals surface area (Å²) in [4.78, 5) is 12.3. The molecule has 0 aromatic heterocycles. The zero-order chi connectivity index (χ0) is 36.4. The van der Waals surface area contributed by atoms with Gasteiger partial charge in [-0.05, 0) is 103 Å². The second-order valence-corrected chi connectivity index (χ2v) is 11.9. The van der Waals surface area contributed by atoms with Gasteiger partial charge in [-0.25, -0.2) is 0 Å². The predicted octanol–water partition coefficient (Wildman–Crippen LogP) is 11.8. The number of hydrogen-bond donors (Lipinski definition) is 3. The van der Waals surface area contributed by atoms with Gasteiger partial charge in [-0.2, -0.15) is 0 Å². The predicted molar refractivity (Wildman–Crippen MR) is 220 cm³/mol. The van der Waals surface area contributed by atoms with Crippen molar-refractivity contribution in [3.05, 3.63) is 146 Å². The Labute approximate surface area is 306 Å². The SMILES string of the molecule is C/C=C/CC/C=C/CC/C=C/C(O)C(CO)NC(=O)CCC/C=C\C/C=C\C/C=C\C/C=C\C/C=C\C/C=C\C/C=C\C/C=C\C/C=C\CC. The van der Waals surface area contributed by atoms with Crippen LogP contribution in [0, 0.1) is 0 Å². The summed E-state index contributed by atoms with van der Waals surface area (Å²) in [6.45, 7) is 3.88. The number of aliphatic hydroxyl groups is 2. The van der Waals surface area contributed by atoms with Crippen LogP contribution in [0.5, 0.6) is 0 Å². The summed E-state index contributed by atoms with van der Waals surface area (Å²) in [5, 5.41) is 22.7. The smallest absolute Gasteiger partial charge is 0.220 e. The van der Waals surface area contributed by atoms with Crippen LogP contribution in [-0.2, 0) is 4.79 Å². The van der Waals surface area contributed by atoms with Gasteiger partial charge in [0.15, 0.2) is 0 Å². The van der Waals surface area contributed by atoms with E-state index < -0.39 is 12.1 Å². The fourth-order valence-corrected chi connectivity index (χ4v) is 4.51. The van der Waals surface area contributed by atoms with E-state index in [2.05, 4.69) is 146 Å². The first-order chi connectivity index (χ1) is 24.7. The van der Waals surface area contributed by atoms with Crippen molar-refractivity contribution in [2.75, 3.05) is 6.61 Å². The monoisotopic (exact) mass is 684 g/mol. The van der Waals surface area contributed by atoms with Gasteiger partial charge < -0.3 is 15.5 Å². The lowest BCUT2D eigenvalue weighted by Crippen LogP contribution is -2.45. The molecular formula is C46H69NO3. The van der Waals surface area contributed by atoms with Crippen molar-refractivity contribution in [2.45, 2.75) is 129 Å². The molecular weight excluding hydrogens is 615 g/mol. The third-order valence-electron chi connectivity index (χ3n) is 7.38. The molecule has 4 heteroatoms. The third kappa shape index (κ3) is 35.6. The molecule has 4 nitrogen and oxygen atoms in total. The Bertz CT molecular complexity index is 1140. The van der Waals surface area contributed by atoms with Gasteiger partial charge >= 0.3 is 0 Å². The lowest BCUT2D eigenvalue weighted by atomic mass is 10.1. The summed E-state index contributed by atoms with van der Waals surface area (Å²) in [5.41, 5.74) is 0. The number of hydrogen-bond acceptors (Lipinski definition) is 3. The van der Waals surface area contributed by atoms with E-state index in [1.807, 2.05) is 13.0 Å². The number of carbonyl (C=O) groups is 1. The molecule has 0 aliphatic rings. The third-order valence-corrected chi connectivity index (χ3v) is 7.38. The van der Waals surface area contributed by atoms with Gasteiger partial charge in [0.25, 0.3) is 0 Å². The molecule has 0 spiro atoms. The fourth-order valence-electron chi connectivity index (χ4n) is 4.51. The molecule has 0 saturated carbocycles. The molecule has 0 aromatic carbocycles. The molecule has 0 aromatic rings. The second-order valence-electron chi connectivity index (χ2n) is 11.9. The van der Waals surface area contributed by atoms with E-state index in [-0.39, 0.29) is 12.5 Å². The van der Waals surface area contributed by atoms with Gasteiger partial charge in [-0.3, -0.25) is 4.79 Å². The van der Waals surface area contributed by atoms with E-state index in [0.29, 0.717) is 6.42 Å². The minimum absolute atomic E-state index is 0.148. The average molecular weight is 684 g/mol. The van der Waals surface area contributed by atoms with Gasteiger partial charge in [0.2, 0.25) is 5.91 Å². The molecule has 0 aliphatic heterocycles. The van der Waals surface area contributed by atoms with Crippen molar-refractivity contribution in [3.63, 3.8) is 0 Å². The minimum Gasteiger partial charge on any atom is -0.394 e. The summed E-state index contributed by atoms with van der Waals surface area (Å²) < 4.78 is 0. The van der Waals surface area contributed by atoms with Crippen LogP contribution in [-0.4, -0.2) is 34.9 Å². The normalized spacial score (nSPS) is 14.7. The number of carbonyl (C=O) groups excluding carboxylic acids is 1. The molecule has 1 amide bonds. The zero-order valence-corrected chi connectivity index (χ0v) is 31.3. The molecule has 0 saturated heterocycles. The van der Waals surface area contributed by atoms with Crippen molar-refractivity contribution >= 4 is 5.91 Å². The standard InChI is InChI=1S/C46H69NO3/c1-3-5-7-9-11-13-14-15-16-17-18-19-20-21-22-23-24-25-26-27-28-29-30-31-32-34-36-38-40-42-46(50)47-44(43-48)45(49)41-39-37-35-33-12-10-8-6-4-2/h4-7,11-13,15-16,18-19,21-22,24-25,27-28,30-31,33-34,36,39,41,44-45,48-49H,3,8-10,14,17,20,23,26,29,32,35,37-38,40,42-43H2,1-2H3,(H,47,50)/b6-4+,7-5-,13-11-,16-15-,19-18-,22-21-,25-24-,28-27-,31-30-,33-12+,36-34-,41-39+. The summed E-state index contributed by atoms with van der Waals surface area (Å²) in [5.74, 6) is -0.148. The lowest BCUT2D eigenvalue weighted by molar-refractivity contribution is -0.122. The van der Waals surface area contributed by atoms with Gasteiger partial charge in [0.05, 0.1) is 18.8 Å². The van der Waals surface area contributed by atoms with Crippen molar-refractivity contribution in [1.82, 2.24) is 5.32 Å². The Balaban J connectivity index is 3.84. The molecule has 0 bridgehead atoms. The van der Waals surface area contributed by atoms with Crippen LogP contribution in [0.2, 0.25) is 0 Å². The first kappa shape index (κ1) is 46.3. The molecule has 2 atom stereocenters. The van der Waals surface area contributed by atoms with Crippen molar-refractivity contribution in [3.8, 4) is 0 Å². The van der Waals surface area contributed by atoms with Crippen LogP contribution in [0.3, 0.4) is 0 Å². The van der Waals surface area contributed by atoms with Gasteiger partial charge in [0.1, 0.15) is 0 Å².